The fourth-order valence-electron chi connectivity index (χ4n) is 4.85. The molecular weight excluding hydrogens is 550 g/mol. The zero-order chi connectivity index (χ0) is 32.4. The van der Waals surface area contributed by atoms with Crippen LogP contribution in [0.25, 0.3) is 0 Å². The molecule has 0 fully saturated rings. The molecule has 0 aliphatic heterocycles. The van der Waals surface area contributed by atoms with E-state index in [1.165, 1.54) is 57.8 Å². The van der Waals surface area contributed by atoms with Crippen LogP contribution in [-0.2, 0) is 19.1 Å². The Hall–Kier alpha value is -2.63. The first-order valence-electron chi connectivity index (χ1n) is 17.8. The van der Waals surface area contributed by atoms with E-state index in [0.29, 0.717) is 12.8 Å². The molecule has 252 valence electrons. The van der Waals surface area contributed by atoms with Crippen molar-refractivity contribution in [2.45, 2.75) is 168 Å². The van der Waals surface area contributed by atoms with Crippen LogP contribution < -0.4 is 5.32 Å². The molecule has 0 saturated heterocycles. The second-order valence-corrected chi connectivity index (χ2v) is 11.7. The molecule has 0 aliphatic carbocycles. The Morgan fingerprint density at radius 3 is 1.82 bits per heavy atom. The number of amides is 1. The third kappa shape index (κ3) is 32.3. The number of hydrogen-bond donors (Lipinski definition) is 2. The highest BCUT2D eigenvalue weighted by Crippen LogP contribution is 2.14. The molecule has 1 unspecified atom stereocenters. The predicted octanol–water partition coefficient (Wildman–Crippen LogP) is 10.3. The van der Waals surface area contributed by atoms with Crippen LogP contribution in [0.1, 0.15) is 162 Å². The SMILES string of the molecule is CC/C=C\C/C=C\C/C=C\C(CCCCCCC(=O)NCC(=O)O)OC(=O)CCCCCCC/C=C\CCCCCCCC. The van der Waals surface area contributed by atoms with Gasteiger partial charge in [0.2, 0.25) is 5.91 Å². The maximum absolute atomic E-state index is 12.6. The van der Waals surface area contributed by atoms with Crippen molar-refractivity contribution in [1.82, 2.24) is 5.32 Å². The van der Waals surface area contributed by atoms with Crippen molar-refractivity contribution in [3.63, 3.8) is 0 Å². The van der Waals surface area contributed by atoms with E-state index in [0.717, 1.165) is 77.0 Å². The number of carboxylic acid groups (broad SMARTS) is 1. The third-order valence-electron chi connectivity index (χ3n) is 7.47. The van der Waals surface area contributed by atoms with Gasteiger partial charge in [0.25, 0.3) is 0 Å². The van der Waals surface area contributed by atoms with Crippen molar-refractivity contribution < 1.29 is 24.2 Å². The van der Waals surface area contributed by atoms with E-state index in [2.05, 4.69) is 61.7 Å². The van der Waals surface area contributed by atoms with E-state index in [1.807, 2.05) is 6.08 Å². The lowest BCUT2D eigenvalue weighted by Crippen LogP contribution is -2.28. The topological polar surface area (TPSA) is 92.7 Å². The summed E-state index contributed by atoms with van der Waals surface area (Å²) in [5.41, 5.74) is 0. The minimum absolute atomic E-state index is 0.118. The first-order valence-corrected chi connectivity index (χ1v) is 17.8. The fraction of sp³-hybridized carbons (Fsp3) is 0.711. The Labute approximate surface area is 269 Å². The second kappa shape index (κ2) is 33.3. The first kappa shape index (κ1) is 41.4. The van der Waals surface area contributed by atoms with Crippen LogP contribution in [0.4, 0.5) is 0 Å². The summed E-state index contributed by atoms with van der Waals surface area (Å²) >= 11 is 0. The van der Waals surface area contributed by atoms with Gasteiger partial charge in [-0.15, -0.1) is 0 Å². The van der Waals surface area contributed by atoms with Crippen molar-refractivity contribution in [2.75, 3.05) is 6.54 Å². The van der Waals surface area contributed by atoms with Gasteiger partial charge in [0.05, 0.1) is 0 Å². The molecule has 1 amide bonds. The number of ether oxygens (including phenoxy) is 1. The summed E-state index contributed by atoms with van der Waals surface area (Å²) < 4.78 is 5.84. The molecule has 1 atom stereocenters. The predicted molar refractivity (Wildman–Crippen MR) is 185 cm³/mol. The zero-order valence-corrected chi connectivity index (χ0v) is 28.2. The highest BCUT2D eigenvalue weighted by atomic mass is 16.5. The lowest BCUT2D eigenvalue weighted by atomic mass is 10.1. The number of esters is 1. The van der Waals surface area contributed by atoms with Gasteiger partial charge in [0, 0.05) is 12.8 Å². The van der Waals surface area contributed by atoms with Gasteiger partial charge in [-0.2, -0.15) is 0 Å². The lowest BCUT2D eigenvalue weighted by molar-refractivity contribution is -0.147. The minimum Gasteiger partial charge on any atom is -0.480 e. The second-order valence-electron chi connectivity index (χ2n) is 11.7. The quantitative estimate of drug-likeness (QED) is 0.0460. The van der Waals surface area contributed by atoms with Gasteiger partial charge in [-0.3, -0.25) is 14.4 Å². The van der Waals surface area contributed by atoms with Crippen molar-refractivity contribution >= 4 is 17.8 Å². The van der Waals surface area contributed by atoms with Gasteiger partial charge < -0.3 is 15.2 Å². The smallest absolute Gasteiger partial charge is 0.322 e. The molecule has 0 rings (SSSR count). The van der Waals surface area contributed by atoms with E-state index < -0.39 is 5.97 Å². The molecule has 0 bridgehead atoms. The fourth-order valence-corrected chi connectivity index (χ4v) is 4.85. The average molecular weight is 616 g/mol. The van der Waals surface area contributed by atoms with Gasteiger partial charge in [0.1, 0.15) is 12.6 Å². The van der Waals surface area contributed by atoms with Crippen LogP contribution in [0.3, 0.4) is 0 Å². The van der Waals surface area contributed by atoms with Crippen LogP contribution in [0.2, 0.25) is 0 Å². The molecule has 6 heteroatoms. The average Bonchev–Trinajstić information content (AvgIpc) is 3.00. The lowest BCUT2D eigenvalue weighted by Gasteiger charge is -2.14. The Balaban J connectivity index is 4.21. The van der Waals surface area contributed by atoms with Crippen LogP contribution in [0.15, 0.2) is 48.6 Å². The monoisotopic (exact) mass is 615 g/mol. The summed E-state index contributed by atoms with van der Waals surface area (Å²) in [5, 5.41) is 11.0. The molecule has 0 radical (unpaired) electrons. The summed E-state index contributed by atoms with van der Waals surface area (Å²) in [6.45, 7) is 4.05. The van der Waals surface area contributed by atoms with E-state index >= 15 is 0 Å². The van der Waals surface area contributed by atoms with Crippen molar-refractivity contribution in [1.29, 1.82) is 0 Å². The summed E-state index contributed by atoms with van der Waals surface area (Å²) in [6.07, 6.45) is 41.0. The number of hydrogen-bond acceptors (Lipinski definition) is 4. The molecule has 0 aromatic carbocycles. The number of rotatable bonds is 31. The van der Waals surface area contributed by atoms with Gasteiger partial charge in [0.15, 0.2) is 0 Å². The maximum atomic E-state index is 12.6. The number of carbonyl (C=O) groups is 3. The molecule has 2 N–H and O–H groups in total. The number of nitrogens with one attached hydrogen (secondary N) is 1. The Morgan fingerprint density at radius 1 is 0.636 bits per heavy atom. The van der Waals surface area contributed by atoms with Gasteiger partial charge in [-0.05, 0) is 76.7 Å². The Morgan fingerprint density at radius 2 is 1.18 bits per heavy atom. The Kier molecular flexibility index (Phi) is 31.3. The number of allylic oxidation sites excluding steroid dienone is 7. The number of carboxylic acids is 1. The van der Waals surface area contributed by atoms with Crippen molar-refractivity contribution in [3.05, 3.63) is 48.6 Å². The standard InChI is InChI=1S/C38H65NO5/c1-3-5-7-9-11-13-14-15-16-17-18-19-21-23-29-33-38(43)44-35(30-26-22-20-12-10-8-6-4-2)31-27-24-25-28-32-36(40)39-34-37(41)42/h6,8,12,15-16,20,26,30,35H,3-5,7,9-11,13-14,17-19,21-25,27-29,31-34H2,1-2H3,(H,39,40)(H,41,42)/b8-6-,16-15-,20-12-,30-26-. The van der Waals surface area contributed by atoms with Crippen LogP contribution in [0, 0.1) is 0 Å². The minimum atomic E-state index is -1.03. The molecule has 0 saturated carbocycles. The number of carbonyl (C=O) groups excluding carboxylic acids is 2. The summed E-state index contributed by atoms with van der Waals surface area (Å²) in [7, 11) is 0. The molecule has 44 heavy (non-hydrogen) atoms. The number of aliphatic carboxylic acids is 1. The van der Waals surface area contributed by atoms with Crippen LogP contribution in [0.5, 0.6) is 0 Å². The molecule has 0 aromatic rings. The van der Waals surface area contributed by atoms with E-state index in [4.69, 9.17) is 9.84 Å². The van der Waals surface area contributed by atoms with E-state index in [1.54, 1.807) is 0 Å². The Bertz CT molecular complexity index is 814. The van der Waals surface area contributed by atoms with Gasteiger partial charge >= 0.3 is 11.9 Å². The summed E-state index contributed by atoms with van der Waals surface area (Å²) in [6, 6.07) is 0. The van der Waals surface area contributed by atoms with E-state index in [-0.39, 0.29) is 24.5 Å². The van der Waals surface area contributed by atoms with Crippen molar-refractivity contribution in [3.8, 4) is 0 Å². The molecular formula is C38H65NO5. The molecule has 0 aliphatic rings. The van der Waals surface area contributed by atoms with E-state index in [9.17, 15) is 14.4 Å². The third-order valence-corrected chi connectivity index (χ3v) is 7.47. The highest BCUT2D eigenvalue weighted by molar-refractivity contribution is 5.80. The molecule has 0 heterocycles. The van der Waals surface area contributed by atoms with Crippen LogP contribution in [-0.4, -0.2) is 35.6 Å². The largest absolute Gasteiger partial charge is 0.480 e. The molecule has 6 nitrogen and oxygen atoms in total. The maximum Gasteiger partial charge on any atom is 0.322 e. The normalized spacial score (nSPS) is 12.6. The molecule has 0 aromatic heterocycles. The molecule has 0 spiro atoms. The van der Waals surface area contributed by atoms with Gasteiger partial charge in [-0.25, -0.2) is 0 Å². The van der Waals surface area contributed by atoms with Crippen LogP contribution >= 0.6 is 0 Å². The highest BCUT2D eigenvalue weighted by Gasteiger charge is 2.11. The first-order chi connectivity index (χ1) is 21.5. The van der Waals surface area contributed by atoms with Crippen molar-refractivity contribution in [2.24, 2.45) is 0 Å². The summed E-state index contributed by atoms with van der Waals surface area (Å²) in [5.74, 6) is -1.38. The summed E-state index contributed by atoms with van der Waals surface area (Å²) in [4.78, 5) is 34.8. The van der Waals surface area contributed by atoms with Gasteiger partial charge in [-0.1, -0.05) is 121 Å². The zero-order valence-electron chi connectivity index (χ0n) is 28.2. The number of unbranched alkanes of at least 4 members (excludes halogenated alkanes) is 14.